The Balaban J connectivity index is 4.01. The number of carbonyl (C=O) groups excluding carboxylic acids is 1. The SMILES string of the molecule is CCC/C=C/COC(C(=O)OCCOC)C(C)O. The minimum absolute atomic E-state index is 0.160. The van der Waals surface area contributed by atoms with Gasteiger partial charge in [0.05, 0.1) is 19.3 Å². The Morgan fingerprint density at radius 1 is 1.33 bits per heavy atom. The molecular weight excluding hydrogens is 236 g/mol. The maximum atomic E-state index is 11.6. The third-order valence-corrected chi connectivity index (χ3v) is 2.20. The number of esters is 1. The fourth-order valence-electron chi connectivity index (χ4n) is 1.22. The summed E-state index contributed by atoms with van der Waals surface area (Å²) in [5.74, 6) is -0.564. The van der Waals surface area contributed by atoms with Crippen molar-refractivity contribution in [3.63, 3.8) is 0 Å². The summed E-state index contributed by atoms with van der Waals surface area (Å²) in [6, 6.07) is 0. The van der Waals surface area contributed by atoms with Crippen LogP contribution in [-0.2, 0) is 19.0 Å². The van der Waals surface area contributed by atoms with Crippen LogP contribution in [0.3, 0.4) is 0 Å². The van der Waals surface area contributed by atoms with E-state index < -0.39 is 18.2 Å². The first-order chi connectivity index (χ1) is 8.63. The number of aliphatic hydroxyl groups is 1. The first kappa shape index (κ1) is 17.1. The van der Waals surface area contributed by atoms with Crippen molar-refractivity contribution >= 4 is 5.97 Å². The summed E-state index contributed by atoms with van der Waals surface area (Å²) in [5.41, 5.74) is 0. The van der Waals surface area contributed by atoms with Crippen molar-refractivity contribution < 1.29 is 24.1 Å². The second-order valence-corrected chi connectivity index (χ2v) is 3.91. The van der Waals surface area contributed by atoms with Gasteiger partial charge in [0.15, 0.2) is 6.10 Å². The van der Waals surface area contributed by atoms with Crippen LogP contribution < -0.4 is 0 Å². The van der Waals surface area contributed by atoms with E-state index in [2.05, 4.69) is 6.92 Å². The highest BCUT2D eigenvalue weighted by molar-refractivity contribution is 5.75. The molecule has 106 valence electrons. The predicted molar refractivity (Wildman–Crippen MR) is 68.3 cm³/mol. The van der Waals surface area contributed by atoms with Crippen LogP contribution in [0.4, 0.5) is 0 Å². The number of rotatable bonds is 10. The van der Waals surface area contributed by atoms with Crippen LogP contribution in [0.15, 0.2) is 12.2 Å². The molecule has 1 N–H and O–H groups in total. The van der Waals surface area contributed by atoms with E-state index in [4.69, 9.17) is 14.2 Å². The lowest BCUT2D eigenvalue weighted by molar-refractivity contribution is -0.164. The van der Waals surface area contributed by atoms with Crippen molar-refractivity contribution in [1.29, 1.82) is 0 Å². The van der Waals surface area contributed by atoms with Gasteiger partial charge in [-0.25, -0.2) is 4.79 Å². The predicted octanol–water partition coefficient (Wildman–Crippen LogP) is 1.30. The zero-order chi connectivity index (χ0) is 13.8. The van der Waals surface area contributed by atoms with E-state index in [0.717, 1.165) is 12.8 Å². The monoisotopic (exact) mass is 260 g/mol. The molecule has 0 aliphatic heterocycles. The number of allylic oxidation sites excluding steroid dienone is 1. The van der Waals surface area contributed by atoms with Crippen molar-refractivity contribution in [3.05, 3.63) is 12.2 Å². The van der Waals surface area contributed by atoms with E-state index in [1.165, 1.54) is 14.0 Å². The topological polar surface area (TPSA) is 65.0 Å². The lowest BCUT2D eigenvalue weighted by Crippen LogP contribution is -2.36. The highest BCUT2D eigenvalue weighted by Crippen LogP contribution is 2.03. The molecule has 5 nitrogen and oxygen atoms in total. The highest BCUT2D eigenvalue weighted by atomic mass is 16.6. The quantitative estimate of drug-likeness (QED) is 0.364. The first-order valence-electron chi connectivity index (χ1n) is 6.23. The Morgan fingerprint density at radius 2 is 2.06 bits per heavy atom. The van der Waals surface area contributed by atoms with E-state index in [-0.39, 0.29) is 13.2 Å². The third-order valence-electron chi connectivity index (χ3n) is 2.20. The fraction of sp³-hybridized carbons (Fsp3) is 0.769. The van der Waals surface area contributed by atoms with Crippen molar-refractivity contribution in [2.75, 3.05) is 26.9 Å². The lowest BCUT2D eigenvalue weighted by atomic mass is 10.2. The lowest BCUT2D eigenvalue weighted by Gasteiger charge is -2.18. The summed E-state index contributed by atoms with van der Waals surface area (Å²) >= 11 is 0. The molecule has 0 spiro atoms. The molecule has 5 heteroatoms. The molecule has 0 aliphatic rings. The summed E-state index contributed by atoms with van der Waals surface area (Å²) in [6.45, 7) is 4.35. The van der Waals surface area contributed by atoms with Crippen LogP contribution in [0, 0.1) is 0 Å². The van der Waals surface area contributed by atoms with Crippen molar-refractivity contribution in [2.45, 2.75) is 38.9 Å². The van der Waals surface area contributed by atoms with E-state index in [1.807, 2.05) is 12.2 Å². The van der Waals surface area contributed by atoms with Crippen LogP contribution in [0.25, 0.3) is 0 Å². The molecule has 0 fully saturated rings. The Labute approximate surface area is 109 Å². The molecule has 18 heavy (non-hydrogen) atoms. The molecule has 0 aliphatic carbocycles. The van der Waals surface area contributed by atoms with Crippen molar-refractivity contribution in [2.24, 2.45) is 0 Å². The second kappa shape index (κ2) is 11.2. The van der Waals surface area contributed by atoms with Gasteiger partial charge in [0.25, 0.3) is 0 Å². The van der Waals surface area contributed by atoms with E-state index in [0.29, 0.717) is 6.61 Å². The average molecular weight is 260 g/mol. The molecule has 0 amide bonds. The Kier molecular flexibility index (Phi) is 10.6. The van der Waals surface area contributed by atoms with Crippen LogP contribution in [0.1, 0.15) is 26.7 Å². The summed E-state index contributed by atoms with van der Waals surface area (Å²) < 4.78 is 15.0. The molecule has 0 heterocycles. The number of hydrogen-bond acceptors (Lipinski definition) is 5. The molecule has 0 aromatic carbocycles. The number of aliphatic hydroxyl groups excluding tert-OH is 1. The van der Waals surface area contributed by atoms with Gasteiger partial charge in [0.1, 0.15) is 6.61 Å². The number of unbranched alkanes of at least 4 members (excludes halogenated alkanes) is 1. The Hall–Kier alpha value is -0.910. The molecule has 0 aromatic rings. The molecule has 0 saturated heterocycles. The van der Waals surface area contributed by atoms with Gasteiger partial charge < -0.3 is 19.3 Å². The van der Waals surface area contributed by atoms with Crippen LogP contribution >= 0.6 is 0 Å². The van der Waals surface area contributed by atoms with Crippen LogP contribution in [0.2, 0.25) is 0 Å². The first-order valence-corrected chi connectivity index (χ1v) is 6.23. The van der Waals surface area contributed by atoms with Gasteiger partial charge in [-0.15, -0.1) is 0 Å². The van der Waals surface area contributed by atoms with Gasteiger partial charge in [0, 0.05) is 7.11 Å². The Morgan fingerprint density at radius 3 is 2.61 bits per heavy atom. The normalized spacial score (nSPS) is 14.7. The van der Waals surface area contributed by atoms with E-state index >= 15 is 0 Å². The third kappa shape index (κ3) is 8.22. The minimum atomic E-state index is -0.951. The second-order valence-electron chi connectivity index (χ2n) is 3.91. The van der Waals surface area contributed by atoms with Crippen molar-refractivity contribution in [1.82, 2.24) is 0 Å². The zero-order valence-corrected chi connectivity index (χ0v) is 11.4. The van der Waals surface area contributed by atoms with Crippen molar-refractivity contribution in [3.8, 4) is 0 Å². The van der Waals surface area contributed by atoms with Gasteiger partial charge in [-0.3, -0.25) is 0 Å². The van der Waals surface area contributed by atoms with E-state index in [9.17, 15) is 9.90 Å². The van der Waals surface area contributed by atoms with Gasteiger partial charge in [-0.05, 0) is 13.3 Å². The van der Waals surface area contributed by atoms with Crippen LogP contribution in [-0.4, -0.2) is 50.2 Å². The maximum absolute atomic E-state index is 11.6. The molecule has 2 atom stereocenters. The minimum Gasteiger partial charge on any atom is -0.461 e. The summed E-state index contributed by atoms with van der Waals surface area (Å²) in [6.07, 6.45) is 4.00. The number of methoxy groups -OCH3 is 1. The van der Waals surface area contributed by atoms with Gasteiger partial charge >= 0.3 is 5.97 Å². The number of hydrogen-bond donors (Lipinski definition) is 1. The maximum Gasteiger partial charge on any atom is 0.338 e. The van der Waals surface area contributed by atoms with Gasteiger partial charge in [-0.1, -0.05) is 25.5 Å². The summed E-state index contributed by atoms with van der Waals surface area (Å²) in [7, 11) is 1.52. The smallest absolute Gasteiger partial charge is 0.338 e. The van der Waals surface area contributed by atoms with E-state index in [1.54, 1.807) is 0 Å². The van der Waals surface area contributed by atoms with Crippen LogP contribution in [0.5, 0.6) is 0 Å². The average Bonchev–Trinajstić information content (AvgIpc) is 2.33. The van der Waals surface area contributed by atoms with Gasteiger partial charge in [-0.2, -0.15) is 0 Å². The Bertz CT molecular complexity index is 238. The molecule has 0 rings (SSSR count). The standard InChI is InChI=1S/C13H24O5/c1-4-5-6-7-8-17-12(11(2)14)13(15)18-10-9-16-3/h6-7,11-12,14H,4-5,8-10H2,1-3H3/b7-6+. The largest absolute Gasteiger partial charge is 0.461 e. The molecular formula is C13H24O5. The fourth-order valence-corrected chi connectivity index (χ4v) is 1.22. The zero-order valence-electron chi connectivity index (χ0n) is 11.4. The highest BCUT2D eigenvalue weighted by Gasteiger charge is 2.25. The summed E-state index contributed by atoms with van der Waals surface area (Å²) in [4.78, 5) is 11.6. The molecule has 0 bridgehead atoms. The molecule has 0 aromatic heterocycles. The molecule has 0 radical (unpaired) electrons. The molecule has 2 unspecified atom stereocenters. The summed E-state index contributed by atoms with van der Waals surface area (Å²) in [5, 5.41) is 9.46. The van der Waals surface area contributed by atoms with Gasteiger partial charge in [0.2, 0.25) is 0 Å². The molecule has 0 saturated carbocycles. The number of ether oxygens (including phenoxy) is 3. The number of carbonyl (C=O) groups is 1.